The lowest BCUT2D eigenvalue weighted by atomic mass is 10.1. The Morgan fingerprint density at radius 3 is 2.55 bits per heavy atom. The van der Waals surface area contributed by atoms with Gasteiger partial charge in [-0.2, -0.15) is 0 Å². The number of hydrogen-bond donors (Lipinski definition) is 2. The van der Waals surface area contributed by atoms with Crippen LogP contribution in [0, 0.1) is 0 Å². The third-order valence-electron chi connectivity index (χ3n) is 1.61. The number of amides is 2. The molecule has 1 rings (SSSR count). The second-order valence-corrected chi connectivity index (χ2v) is 3.27. The quantitative estimate of drug-likeness (QED) is 0.551. The molecule has 1 fully saturated rings. The summed E-state index contributed by atoms with van der Waals surface area (Å²) in [7, 11) is 0. The molecular weight excluding hydrogens is 142 g/mol. The molecule has 0 radical (unpaired) electrons. The largest absolute Gasteiger partial charge is 0.336 e. The monoisotopic (exact) mass is 157 g/mol. The van der Waals surface area contributed by atoms with Crippen molar-refractivity contribution in [1.82, 2.24) is 10.2 Å². The van der Waals surface area contributed by atoms with Crippen LogP contribution in [0.15, 0.2) is 0 Å². The molecule has 0 spiro atoms. The van der Waals surface area contributed by atoms with Gasteiger partial charge in [0.25, 0.3) is 0 Å². The van der Waals surface area contributed by atoms with E-state index in [1.165, 1.54) is 0 Å². The first-order valence-electron chi connectivity index (χ1n) is 3.90. The van der Waals surface area contributed by atoms with Gasteiger partial charge in [-0.15, -0.1) is 0 Å². The summed E-state index contributed by atoms with van der Waals surface area (Å²) in [6.07, 6.45) is 0. The van der Waals surface area contributed by atoms with Gasteiger partial charge in [-0.1, -0.05) is 0 Å². The lowest BCUT2D eigenvalue weighted by molar-refractivity contribution is 0.150. The van der Waals surface area contributed by atoms with Crippen molar-refractivity contribution in [2.45, 2.75) is 25.9 Å². The van der Waals surface area contributed by atoms with E-state index in [2.05, 4.69) is 5.32 Å². The molecule has 0 aromatic carbocycles. The molecule has 1 heterocycles. The Labute approximate surface area is 66.7 Å². The van der Waals surface area contributed by atoms with Gasteiger partial charge in [0, 0.05) is 25.2 Å². The Bertz CT molecular complexity index is 152. The van der Waals surface area contributed by atoms with Crippen LogP contribution in [0.2, 0.25) is 0 Å². The summed E-state index contributed by atoms with van der Waals surface area (Å²) in [4.78, 5) is 12.9. The molecule has 64 valence electrons. The lowest BCUT2D eigenvalue weighted by Gasteiger charge is -2.37. The van der Waals surface area contributed by atoms with Gasteiger partial charge in [-0.05, 0) is 13.8 Å². The van der Waals surface area contributed by atoms with Crippen molar-refractivity contribution in [2.75, 3.05) is 13.1 Å². The smallest absolute Gasteiger partial charge is 0.317 e. The molecule has 4 nitrogen and oxygen atoms in total. The zero-order chi connectivity index (χ0) is 8.43. The maximum atomic E-state index is 11.1. The lowest BCUT2D eigenvalue weighted by Crippen LogP contribution is -2.60. The molecule has 0 aliphatic carbocycles. The molecule has 0 saturated carbocycles. The Morgan fingerprint density at radius 2 is 2.18 bits per heavy atom. The predicted molar refractivity (Wildman–Crippen MR) is 43.2 cm³/mol. The van der Waals surface area contributed by atoms with E-state index >= 15 is 0 Å². The van der Waals surface area contributed by atoms with Crippen LogP contribution in [0.5, 0.6) is 0 Å². The van der Waals surface area contributed by atoms with Crippen molar-refractivity contribution in [1.29, 1.82) is 0 Å². The fourth-order valence-electron chi connectivity index (χ4n) is 1.02. The zero-order valence-electron chi connectivity index (χ0n) is 7.00. The number of likely N-dealkylation sites (tertiary alicyclic amines) is 1. The highest BCUT2D eigenvalue weighted by molar-refractivity contribution is 5.75. The van der Waals surface area contributed by atoms with Crippen molar-refractivity contribution >= 4 is 6.03 Å². The second-order valence-electron chi connectivity index (χ2n) is 3.27. The fraction of sp³-hybridized carbons (Fsp3) is 0.857. The van der Waals surface area contributed by atoms with Crippen LogP contribution in [0.1, 0.15) is 13.8 Å². The molecule has 0 bridgehead atoms. The van der Waals surface area contributed by atoms with Gasteiger partial charge in [-0.3, -0.25) is 0 Å². The molecule has 0 unspecified atom stereocenters. The first-order chi connectivity index (χ1) is 5.09. The molecule has 3 N–H and O–H groups in total. The summed E-state index contributed by atoms with van der Waals surface area (Å²) >= 11 is 0. The summed E-state index contributed by atoms with van der Waals surface area (Å²) in [6, 6.07) is 0.397. The average molecular weight is 157 g/mol. The van der Waals surface area contributed by atoms with E-state index in [1.807, 2.05) is 13.8 Å². The minimum atomic E-state index is 0.00157. The summed E-state index contributed by atoms with van der Waals surface area (Å²) in [5.74, 6) is 0. The SMILES string of the molecule is CC(C)NC(=O)N1CC(N)C1. The van der Waals surface area contributed by atoms with Crippen molar-refractivity contribution in [3.05, 3.63) is 0 Å². The van der Waals surface area contributed by atoms with Crippen LogP contribution < -0.4 is 11.1 Å². The zero-order valence-corrected chi connectivity index (χ0v) is 7.00. The van der Waals surface area contributed by atoms with Gasteiger partial charge < -0.3 is 16.0 Å². The average Bonchev–Trinajstić information content (AvgIpc) is 1.79. The summed E-state index contributed by atoms with van der Waals surface area (Å²) in [5, 5.41) is 2.80. The number of nitrogens with two attached hydrogens (primary N) is 1. The molecular formula is C7H15N3O. The van der Waals surface area contributed by atoms with Gasteiger partial charge in [0.1, 0.15) is 0 Å². The Morgan fingerprint density at radius 1 is 1.64 bits per heavy atom. The summed E-state index contributed by atoms with van der Waals surface area (Å²) < 4.78 is 0. The first kappa shape index (κ1) is 8.33. The molecule has 11 heavy (non-hydrogen) atoms. The number of urea groups is 1. The van der Waals surface area contributed by atoms with Crippen molar-refractivity contribution in [2.24, 2.45) is 5.73 Å². The first-order valence-corrected chi connectivity index (χ1v) is 3.90. The third-order valence-corrected chi connectivity index (χ3v) is 1.61. The van der Waals surface area contributed by atoms with Crippen LogP contribution >= 0.6 is 0 Å². The van der Waals surface area contributed by atoms with Crippen LogP contribution in [-0.4, -0.2) is 36.1 Å². The third kappa shape index (κ3) is 2.08. The van der Waals surface area contributed by atoms with Gasteiger partial charge in [0.05, 0.1) is 0 Å². The maximum Gasteiger partial charge on any atom is 0.317 e. The molecule has 1 saturated heterocycles. The number of carbonyl (C=O) groups is 1. The molecule has 0 aromatic heterocycles. The predicted octanol–water partition coefficient (Wildman–Crippen LogP) is -0.253. The fourth-order valence-corrected chi connectivity index (χ4v) is 1.02. The van der Waals surface area contributed by atoms with E-state index in [0.717, 1.165) is 0 Å². The molecule has 1 aliphatic heterocycles. The van der Waals surface area contributed by atoms with Gasteiger partial charge in [-0.25, -0.2) is 4.79 Å². The van der Waals surface area contributed by atoms with E-state index in [9.17, 15) is 4.79 Å². The number of nitrogens with one attached hydrogen (secondary N) is 1. The molecule has 4 heteroatoms. The Kier molecular flexibility index (Phi) is 2.34. The normalized spacial score (nSPS) is 18.4. The van der Waals surface area contributed by atoms with Gasteiger partial charge in [0.2, 0.25) is 0 Å². The van der Waals surface area contributed by atoms with Gasteiger partial charge >= 0.3 is 6.03 Å². The van der Waals surface area contributed by atoms with Crippen LogP contribution in [0.3, 0.4) is 0 Å². The Balaban J connectivity index is 2.21. The van der Waals surface area contributed by atoms with Crippen molar-refractivity contribution < 1.29 is 4.79 Å². The Hall–Kier alpha value is -0.770. The topological polar surface area (TPSA) is 58.4 Å². The molecule has 2 amide bonds. The number of hydrogen-bond acceptors (Lipinski definition) is 2. The number of carbonyl (C=O) groups excluding carboxylic acids is 1. The minimum absolute atomic E-state index is 0.00157. The highest BCUT2D eigenvalue weighted by atomic mass is 16.2. The highest BCUT2D eigenvalue weighted by Gasteiger charge is 2.27. The minimum Gasteiger partial charge on any atom is -0.336 e. The van der Waals surface area contributed by atoms with E-state index in [4.69, 9.17) is 5.73 Å². The highest BCUT2D eigenvalue weighted by Crippen LogP contribution is 2.04. The van der Waals surface area contributed by atoms with Crippen LogP contribution in [0.25, 0.3) is 0 Å². The molecule has 0 atom stereocenters. The van der Waals surface area contributed by atoms with E-state index in [-0.39, 0.29) is 18.1 Å². The van der Waals surface area contributed by atoms with Crippen LogP contribution in [-0.2, 0) is 0 Å². The van der Waals surface area contributed by atoms with Crippen molar-refractivity contribution in [3.8, 4) is 0 Å². The van der Waals surface area contributed by atoms with Crippen molar-refractivity contribution in [3.63, 3.8) is 0 Å². The van der Waals surface area contributed by atoms with Gasteiger partial charge in [0.15, 0.2) is 0 Å². The number of nitrogens with zero attached hydrogens (tertiary/aromatic N) is 1. The van der Waals surface area contributed by atoms with E-state index < -0.39 is 0 Å². The van der Waals surface area contributed by atoms with E-state index in [1.54, 1.807) is 4.90 Å². The standard InChI is InChI=1S/C7H15N3O/c1-5(2)9-7(11)10-3-6(8)4-10/h5-6H,3-4,8H2,1-2H3,(H,9,11). The summed E-state index contributed by atoms with van der Waals surface area (Å²) in [6.45, 7) is 5.27. The van der Waals surface area contributed by atoms with E-state index in [0.29, 0.717) is 13.1 Å². The van der Waals surface area contributed by atoms with Crippen LogP contribution in [0.4, 0.5) is 4.79 Å². The maximum absolute atomic E-state index is 11.1. The second kappa shape index (κ2) is 3.09. The molecule has 0 aromatic rings. The summed E-state index contributed by atoms with van der Waals surface area (Å²) in [5.41, 5.74) is 5.52. The molecule has 1 aliphatic rings. The number of rotatable bonds is 1.